The largest absolute Gasteiger partial charge is 0.493 e. The van der Waals surface area contributed by atoms with Crippen LogP contribution in [0.1, 0.15) is 38.3 Å². The van der Waals surface area contributed by atoms with E-state index >= 15 is 0 Å². The van der Waals surface area contributed by atoms with Gasteiger partial charge >= 0.3 is 12.1 Å². The first kappa shape index (κ1) is 19.5. The molecule has 1 fully saturated rings. The molecule has 1 aromatic heterocycles. The first-order chi connectivity index (χ1) is 12.8. The Hall–Kier alpha value is -2.29. The highest BCUT2D eigenvalue weighted by Crippen LogP contribution is 2.31. The molecule has 0 saturated carbocycles. The number of carbonyl (C=O) groups is 1. The molecule has 2 unspecified atom stereocenters. The molecule has 0 spiro atoms. The van der Waals surface area contributed by atoms with Crippen LogP contribution in [0.4, 0.5) is 13.2 Å². The molecule has 2 atom stereocenters. The Bertz CT molecular complexity index is 784. The lowest BCUT2D eigenvalue weighted by Gasteiger charge is -2.23. The van der Waals surface area contributed by atoms with Gasteiger partial charge in [-0.25, -0.2) is 4.68 Å². The van der Waals surface area contributed by atoms with Gasteiger partial charge in [0.05, 0.1) is 36.0 Å². The van der Waals surface area contributed by atoms with E-state index < -0.39 is 24.5 Å². The summed E-state index contributed by atoms with van der Waals surface area (Å²) in [6, 6.07) is 5.33. The van der Waals surface area contributed by atoms with Crippen LogP contribution in [0, 0.1) is 5.92 Å². The Balaban J connectivity index is 1.68. The molecule has 1 saturated heterocycles. The maximum atomic E-state index is 12.5. The van der Waals surface area contributed by atoms with E-state index in [1.54, 1.807) is 23.0 Å². The summed E-state index contributed by atoms with van der Waals surface area (Å²) in [5, 5.41) is 14.1. The second-order valence-electron chi connectivity index (χ2n) is 6.59. The highest BCUT2D eigenvalue weighted by atomic mass is 19.4. The summed E-state index contributed by atoms with van der Waals surface area (Å²) < 4.78 is 50.5. The minimum absolute atomic E-state index is 0.128. The number of rotatable bonds is 7. The van der Waals surface area contributed by atoms with Gasteiger partial charge in [0, 0.05) is 6.61 Å². The van der Waals surface area contributed by atoms with Crippen LogP contribution in [0.15, 0.2) is 24.4 Å². The Morgan fingerprint density at radius 2 is 2.22 bits per heavy atom. The predicted octanol–water partition coefficient (Wildman–Crippen LogP) is 4.16. The molecular weight excluding hydrogens is 365 g/mol. The highest BCUT2D eigenvalue weighted by molar-refractivity contribution is 5.85. The van der Waals surface area contributed by atoms with Crippen LogP contribution in [0.3, 0.4) is 0 Å². The standard InChI is InChI=1S/C18H21F3N2O4/c19-18(20,21)10-12(17(24)25)7-9-26-15-5-3-4-14-13(15)11-22-23(14)16-6-1-2-8-27-16/h3-5,11-12,16H,1-2,6-10H2,(H,24,25). The Labute approximate surface area is 153 Å². The highest BCUT2D eigenvalue weighted by Gasteiger charge is 2.35. The fraction of sp³-hybridized carbons (Fsp3) is 0.556. The normalized spacial score (nSPS) is 19.1. The van der Waals surface area contributed by atoms with Gasteiger partial charge < -0.3 is 14.6 Å². The second-order valence-corrected chi connectivity index (χ2v) is 6.59. The summed E-state index contributed by atoms with van der Waals surface area (Å²) in [5.41, 5.74) is 0.810. The third-order valence-corrected chi connectivity index (χ3v) is 4.58. The van der Waals surface area contributed by atoms with Gasteiger partial charge in [0.1, 0.15) is 5.75 Å². The van der Waals surface area contributed by atoms with Crippen molar-refractivity contribution in [3.8, 4) is 5.75 Å². The Morgan fingerprint density at radius 3 is 2.89 bits per heavy atom. The first-order valence-electron chi connectivity index (χ1n) is 8.85. The molecule has 2 aromatic rings. The molecule has 2 heterocycles. The van der Waals surface area contributed by atoms with Gasteiger partial charge in [0.2, 0.25) is 0 Å². The third kappa shape index (κ3) is 4.91. The van der Waals surface area contributed by atoms with Crippen LogP contribution < -0.4 is 4.74 Å². The number of fused-ring (bicyclic) bond motifs is 1. The summed E-state index contributed by atoms with van der Waals surface area (Å²) in [7, 11) is 0. The van der Waals surface area contributed by atoms with E-state index in [1.807, 2.05) is 6.07 Å². The number of hydrogen-bond donors (Lipinski definition) is 1. The molecule has 1 aliphatic rings. The zero-order chi connectivity index (χ0) is 19.4. The smallest absolute Gasteiger partial charge is 0.389 e. The minimum Gasteiger partial charge on any atom is -0.493 e. The molecule has 0 bridgehead atoms. The number of aliphatic carboxylic acids is 1. The number of alkyl halides is 3. The van der Waals surface area contributed by atoms with E-state index in [-0.39, 0.29) is 19.3 Å². The molecule has 9 heteroatoms. The van der Waals surface area contributed by atoms with Gasteiger partial charge in [-0.15, -0.1) is 0 Å². The quantitative estimate of drug-likeness (QED) is 0.774. The number of benzene rings is 1. The maximum absolute atomic E-state index is 12.5. The van der Waals surface area contributed by atoms with Gasteiger partial charge in [0.15, 0.2) is 6.23 Å². The van der Waals surface area contributed by atoms with Crippen molar-refractivity contribution < 1.29 is 32.5 Å². The van der Waals surface area contributed by atoms with Crippen LogP contribution in [-0.4, -0.2) is 40.2 Å². The van der Waals surface area contributed by atoms with Crippen LogP contribution >= 0.6 is 0 Å². The monoisotopic (exact) mass is 386 g/mol. The predicted molar refractivity (Wildman–Crippen MR) is 90.5 cm³/mol. The number of nitrogens with zero attached hydrogens (tertiary/aromatic N) is 2. The average Bonchev–Trinajstić information content (AvgIpc) is 3.05. The van der Waals surface area contributed by atoms with Gasteiger partial charge in [-0.05, 0) is 37.8 Å². The van der Waals surface area contributed by atoms with Gasteiger partial charge in [-0.3, -0.25) is 4.79 Å². The zero-order valence-electron chi connectivity index (χ0n) is 14.6. The van der Waals surface area contributed by atoms with E-state index in [9.17, 15) is 18.0 Å². The second kappa shape index (κ2) is 8.16. The maximum Gasteiger partial charge on any atom is 0.389 e. The summed E-state index contributed by atoms with van der Waals surface area (Å²) in [6.45, 7) is 0.551. The van der Waals surface area contributed by atoms with Crippen LogP contribution in [0.2, 0.25) is 0 Å². The number of carboxylic acid groups (broad SMARTS) is 1. The first-order valence-corrected chi connectivity index (χ1v) is 8.85. The molecule has 148 valence electrons. The Kier molecular flexibility index (Phi) is 5.88. The lowest BCUT2D eigenvalue weighted by atomic mass is 10.0. The lowest BCUT2D eigenvalue weighted by Crippen LogP contribution is -2.24. The minimum atomic E-state index is -4.52. The third-order valence-electron chi connectivity index (χ3n) is 4.58. The number of hydrogen-bond acceptors (Lipinski definition) is 4. The molecule has 3 rings (SSSR count). The van der Waals surface area contributed by atoms with Crippen molar-refractivity contribution in [2.75, 3.05) is 13.2 Å². The fourth-order valence-electron chi connectivity index (χ4n) is 3.22. The molecule has 27 heavy (non-hydrogen) atoms. The summed E-state index contributed by atoms with van der Waals surface area (Å²) in [6.07, 6.45) is -1.70. The van der Waals surface area contributed by atoms with E-state index in [1.165, 1.54) is 0 Å². The number of halogens is 3. The van der Waals surface area contributed by atoms with Crippen molar-refractivity contribution in [1.82, 2.24) is 9.78 Å². The van der Waals surface area contributed by atoms with Crippen molar-refractivity contribution in [2.24, 2.45) is 5.92 Å². The van der Waals surface area contributed by atoms with E-state index in [0.29, 0.717) is 12.4 Å². The topological polar surface area (TPSA) is 73.6 Å². The van der Waals surface area contributed by atoms with Gasteiger partial charge in [-0.1, -0.05) is 6.07 Å². The average molecular weight is 386 g/mol. The zero-order valence-corrected chi connectivity index (χ0v) is 14.6. The van der Waals surface area contributed by atoms with Gasteiger partial charge in [0.25, 0.3) is 0 Å². The molecule has 1 N–H and O–H groups in total. The van der Waals surface area contributed by atoms with Crippen LogP contribution in [0.5, 0.6) is 5.75 Å². The molecule has 0 radical (unpaired) electrons. The van der Waals surface area contributed by atoms with Gasteiger partial charge in [-0.2, -0.15) is 18.3 Å². The molecular formula is C18H21F3N2O4. The Morgan fingerprint density at radius 1 is 1.41 bits per heavy atom. The summed E-state index contributed by atoms with van der Waals surface area (Å²) >= 11 is 0. The van der Waals surface area contributed by atoms with E-state index in [0.717, 1.165) is 30.2 Å². The lowest BCUT2D eigenvalue weighted by molar-refractivity contribution is -0.164. The van der Waals surface area contributed by atoms with Crippen molar-refractivity contribution >= 4 is 16.9 Å². The number of aromatic nitrogens is 2. The summed E-state index contributed by atoms with van der Waals surface area (Å²) in [4.78, 5) is 11.0. The van der Waals surface area contributed by atoms with Crippen molar-refractivity contribution in [1.29, 1.82) is 0 Å². The SMILES string of the molecule is O=C(O)C(CCOc1cccc2c1cnn2C1CCCCO1)CC(F)(F)F. The number of carboxylic acids is 1. The van der Waals surface area contributed by atoms with E-state index in [2.05, 4.69) is 5.10 Å². The van der Waals surface area contributed by atoms with Crippen molar-refractivity contribution in [3.63, 3.8) is 0 Å². The molecule has 1 aliphatic heterocycles. The van der Waals surface area contributed by atoms with Crippen molar-refractivity contribution in [2.45, 2.75) is 44.5 Å². The van der Waals surface area contributed by atoms with E-state index in [4.69, 9.17) is 14.6 Å². The molecule has 0 amide bonds. The molecule has 0 aliphatic carbocycles. The van der Waals surface area contributed by atoms with Crippen LogP contribution in [-0.2, 0) is 9.53 Å². The number of ether oxygens (including phenoxy) is 2. The fourth-order valence-corrected chi connectivity index (χ4v) is 3.22. The van der Waals surface area contributed by atoms with Crippen molar-refractivity contribution in [3.05, 3.63) is 24.4 Å². The molecule has 1 aromatic carbocycles. The summed E-state index contributed by atoms with van der Waals surface area (Å²) in [5.74, 6) is -2.54. The molecule has 6 nitrogen and oxygen atoms in total. The van der Waals surface area contributed by atoms with Crippen LogP contribution in [0.25, 0.3) is 10.9 Å².